The van der Waals surface area contributed by atoms with Gasteiger partial charge < -0.3 is 41.1 Å². The molecule has 2 saturated carbocycles. The predicted octanol–water partition coefficient (Wildman–Crippen LogP) is 2.15. The van der Waals surface area contributed by atoms with Crippen LogP contribution in [0.15, 0.2) is 22.8 Å². The smallest absolute Gasteiger partial charge is 0.329 e. The van der Waals surface area contributed by atoms with Crippen molar-refractivity contribution in [2.75, 3.05) is 13.1 Å². The maximum absolute atomic E-state index is 14.5. The summed E-state index contributed by atoms with van der Waals surface area (Å²) in [7, 11) is 0. The van der Waals surface area contributed by atoms with Gasteiger partial charge in [0.15, 0.2) is 0 Å². The number of carbonyl (C=O) groups excluding carboxylic acids is 6. The van der Waals surface area contributed by atoms with Crippen molar-refractivity contribution in [1.29, 1.82) is 0 Å². The molecule has 0 spiro atoms. The first-order chi connectivity index (χ1) is 23.2. The molecular weight excluding hydrogens is 632 g/mol. The third kappa shape index (κ3) is 9.83. The highest BCUT2D eigenvalue weighted by Crippen LogP contribution is 2.33. The fourth-order valence-electron chi connectivity index (χ4n) is 6.92. The van der Waals surface area contributed by atoms with Crippen molar-refractivity contribution in [2.24, 2.45) is 28.9 Å². The quantitative estimate of drug-likeness (QED) is 0.144. The maximum atomic E-state index is 14.5. The van der Waals surface area contributed by atoms with E-state index in [0.29, 0.717) is 18.6 Å². The number of hydrogen-bond donors (Lipinski definition) is 5. The molecule has 2 heterocycles. The Kier molecular flexibility index (Phi) is 12.9. The number of hydrogen-bond acceptors (Lipinski definition) is 9. The maximum Gasteiger partial charge on any atom is 0.329 e. The average molecular weight is 687 g/mol. The number of amides is 5. The van der Waals surface area contributed by atoms with Crippen molar-refractivity contribution in [3.63, 3.8) is 0 Å². The second kappa shape index (κ2) is 16.6. The zero-order valence-electron chi connectivity index (χ0n) is 29.4. The number of primary amides is 1. The highest BCUT2D eigenvalue weighted by molar-refractivity contribution is 6.38. The Hall–Kier alpha value is -3.94. The van der Waals surface area contributed by atoms with Gasteiger partial charge in [0.1, 0.15) is 36.5 Å². The number of carbonyl (C=O) groups is 6. The van der Waals surface area contributed by atoms with Crippen LogP contribution in [0.2, 0.25) is 0 Å². The van der Waals surface area contributed by atoms with Crippen LogP contribution in [-0.2, 0) is 35.3 Å². The lowest BCUT2D eigenvalue weighted by molar-refractivity contribution is -0.150. The zero-order chi connectivity index (χ0) is 35.9. The number of ether oxygens (including phenoxy) is 1. The Labute approximate surface area is 288 Å². The van der Waals surface area contributed by atoms with Gasteiger partial charge in [-0.2, -0.15) is 0 Å². The summed E-state index contributed by atoms with van der Waals surface area (Å²) in [6.07, 6.45) is 8.64. The van der Waals surface area contributed by atoms with E-state index in [4.69, 9.17) is 14.9 Å². The third-order valence-electron chi connectivity index (χ3n) is 10.3. The number of furan rings is 1. The van der Waals surface area contributed by atoms with Crippen LogP contribution in [0.25, 0.3) is 0 Å². The lowest BCUT2D eigenvalue weighted by Gasteiger charge is -2.36. The van der Waals surface area contributed by atoms with Crippen molar-refractivity contribution >= 4 is 35.5 Å². The molecule has 1 aliphatic heterocycles. The summed E-state index contributed by atoms with van der Waals surface area (Å²) in [6, 6.07) is -1.26. The van der Waals surface area contributed by atoms with Gasteiger partial charge in [0.25, 0.3) is 5.91 Å². The van der Waals surface area contributed by atoms with Crippen LogP contribution in [0.1, 0.15) is 91.7 Å². The average Bonchev–Trinajstić information content (AvgIpc) is 3.66. The van der Waals surface area contributed by atoms with Gasteiger partial charge in [-0.15, -0.1) is 0 Å². The summed E-state index contributed by atoms with van der Waals surface area (Å²) in [5.74, 6) is -3.73. The van der Waals surface area contributed by atoms with Crippen molar-refractivity contribution in [2.45, 2.75) is 123 Å². The van der Waals surface area contributed by atoms with E-state index >= 15 is 0 Å². The number of likely N-dealkylation sites (tertiary alicyclic amines) is 1. The summed E-state index contributed by atoms with van der Waals surface area (Å²) in [5.41, 5.74) is 4.59. The normalized spacial score (nSPS) is 23.4. The molecule has 1 aromatic rings. The number of ketones is 1. The Balaban J connectivity index is 1.51. The fourth-order valence-corrected chi connectivity index (χ4v) is 6.92. The van der Waals surface area contributed by atoms with Gasteiger partial charge in [-0.1, -0.05) is 60.3 Å². The molecule has 272 valence electrons. The summed E-state index contributed by atoms with van der Waals surface area (Å²) in [5, 5.41) is 11.5. The van der Waals surface area contributed by atoms with Gasteiger partial charge in [0.05, 0.1) is 6.26 Å². The molecule has 4 rings (SSSR count). The molecule has 1 aromatic heterocycles. The van der Waals surface area contributed by atoms with Crippen LogP contribution in [0.3, 0.4) is 0 Å². The molecule has 3 fully saturated rings. The number of Topliss-reactive ketones (excluding diaryl/α,β-unsaturated/α-hetero) is 1. The minimum Gasteiger partial charge on any atom is -0.466 e. The van der Waals surface area contributed by atoms with Crippen LogP contribution < -0.4 is 27.0 Å². The molecule has 5 unspecified atom stereocenters. The number of nitrogens with zero attached hydrogens (tertiary/aromatic N) is 1. The molecule has 2 aliphatic carbocycles. The van der Waals surface area contributed by atoms with Crippen LogP contribution >= 0.6 is 0 Å². The van der Waals surface area contributed by atoms with Crippen molar-refractivity contribution in [3.8, 4) is 0 Å². The van der Waals surface area contributed by atoms with Gasteiger partial charge in [-0.05, 0) is 61.0 Å². The van der Waals surface area contributed by atoms with Gasteiger partial charge >= 0.3 is 12.0 Å². The summed E-state index contributed by atoms with van der Waals surface area (Å²) < 4.78 is 10.7. The first-order valence-electron chi connectivity index (χ1n) is 17.6. The van der Waals surface area contributed by atoms with Crippen LogP contribution in [0.4, 0.5) is 4.79 Å². The third-order valence-corrected chi connectivity index (χ3v) is 10.3. The zero-order valence-corrected chi connectivity index (χ0v) is 29.4. The van der Waals surface area contributed by atoms with Crippen molar-refractivity contribution in [3.05, 3.63) is 24.2 Å². The Bertz CT molecular complexity index is 1330. The second-order valence-electron chi connectivity index (χ2n) is 15.1. The minimum atomic E-state index is -1.18. The highest BCUT2D eigenvalue weighted by Gasteiger charge is 2.48. The lowest BCUT2D eigenvalue weighted by atomic mass is 9.83. The number of rotatable bonds is 14. The standard InChI is InChI=1S/C35H54N6O8/c1-20-18-41(27(21(20)2)31(44)38-25(28(42)30(36)43)17-37-23-13-9-14-23)32(45)26(22-11-7-6-8-12-22)39-34(47)40-29(35(3,4)5)33(46)49-19-24-15-10-16-48-24/h10,15-16,20-23,25-27,29,37H,6-9,11-14,17-19H2,1-5H3,(H2,36,43)(H,38,44)(H2,39,40,47)/t20-,21?,25?,26?,27?,29?/m0/s1. The first kappa shape index (κ1) is 37.9. The molecule has 6 N–H and O–H groups in total. The van der Waals surface area contributed by atoms with Crippen LogP contribution in [-0.4, -0.2) is 83.7 Å². The fraction of sp³-hybridized carbons (Fsp3) is 0.714. The van der Waals surface area contributed by atoms with Crippen molar-refractivity contribution in [1.82, 2.24) is 26.2 Å². The van der Waals surface area contributed by atoms with E-state index < -0.39 is 65.1 Å². The molecule has 6 atom stereocenters. The van der Waals surface area contributed by atoms with E-state index in [2.05, 4.69) is 21.3 Å². The molecule has 1 saturated heterocycles. The SMILES string of the molecule is CC1C(C(=O)NC(CNC2CCC2)C(=O)C(N)=O)N(C(=O)C(NC(=O)NC(C(=O)OCc2ccco2)C(C)(C)C)C2CCCCC2)C[C@@H]1C. The monoisotopic (exact) mass is 686 g/mol. The van der Waals surface area contributed by atoms with Gasteiger partial charge in [0.2, 0.25) is 17.6 Å². The van der Waals surface area contributed by atoms with Gasteiger partial charge in [-0.25, -0.2) is 9.59 Å². The Morgan fingerprint density at radius 3 is 2.24 bits per heavy atom. The van der Waals surface area contributed by atoms with Gasteiger partial charge in [-0.3, -0.25) is 19.2 Å². The molecule has 0 aromatic carbocycles. The van der Waals surface area contributed by atoms with Crippen LogP contribution in [0, 0.1) is 23.2 Å². The lowest BCUT2D eigenvalue weighted by Crippen LogP contribution is -2.62. The number of esters is 1. The number of nitrogens with two attached hydrogens (primary N) is 1. The number of urea groups is 1. The molecule has 5 amide bonds. The van der Waals surface area contributed by atoms with E-state index in [9.17, 15) is 28.8 Å². The minimum absolute atomic E-state index is 0.0497. The van der Waals surface area contributed by atoms with E-state index in [0.717, 1.165) is 38.5 Å². The molecule has 3 aliphatic rings. The van der Waals surface area contributed by atoms with Gasteiger partial charge in [0, 0.05) is 19.1 Å². The van der Waals surface area contributed by atoms with E-state index in [1.165, 1.54) is 11.2 Å². The highest BCUT2D eigenvalue weighted by atomic mass is 16.5. The molecule has 0 bridgehead atoms. The topological polar surface area (TPSA) is 202 Å². The molecular formula is C35H54N6O8. The molecule has 14 nitrogen and oxygen atoms in total. The van der Waals surface area contributed by atoms with E-state index in [1.54, 1.807) is 32.9 Å². The Morgan fingerprint density at radius 1 is 0.980 bits per heavy atom. The predicted molar refractivity (Wildman–Crippen MR) is 179 cm³/mol. The van der Waals surface area contributed by atoms with Crippen molar-refractivity contribution < 1.29 is 37.9 Å². The summed E-state index contributed by atoms with van der Waals surface area (Å²) in [4.78, 5) is 81.2. The van der Waals surface area contributed by atoms with E-state index in [-0.39, 0.29) is 43.5 Å². The first-order valence-corrected chi connectivity index (χ1v) is 17.6. The van der Waals surface area contributed by atoms with Crippen LogP contribution in [0.5, 0.6) is 0 Å². The molecule has 49 heavy (non-hydrogen) atoms. The molecule has 14 heteroatoms. The largest absolute Gasteiger partial charge is 0.466 e. The summed E-state index contributed by atoms with van der Waals surface area (Å²) in [6.45, 7) is 9.43. The molecule has 0 radical (unpaired) electrons. The van der Waals surface area contributed by atoms with E-state index in [1.807, 2.05) is 13.8 Å². The summed E-state index contributed by atoms with van der Waals surface area (Å²) >= 11 is 0. The Morgan fingerprint density at radius 2 is 1.67 bits per heavy atom. The second-order valence-corrected chi connectivity index (χ2v) is 15.1. The number of nitrogens with one attached hydrogen (secondary N) is 4.